The first kappa shape index (κ1) is 12.3. The van der Waals surface area contributed by atoms with Crippen molar-refractivity contribution >= 4 is 0 Å². The molecule has 0 radical (unpaired) electrons. The fourth-order valence-electron chi connectivity index (χ4n) is 3.52. The molecule has 1 aliphatic heterocycles. The molecule has 4 atom stereocenters. The lowest BCUT2D eigenvalue weighted by Gasteiger charge is -2.38. The Hall–Kier alpha value is -0.120. The van der Waals surface area contributed by atoms with E-state index < -0.39 is 0 Å². The van der Waals surface area contributed by atoms with Crippen molar-refractivity contribution < 1.29 is 5.11 Å². The van der Waals surface area contributed by atoms with Crippen LogP contribution in [0.25, 0.3) is 0 Å². The number of piperidine rings is 1. The van der Waals surface area contributed by atoms with Gasteiger partial charge in [0.05, 0.1) is 6.61 Å². The summed E-state index contributed by atoms with van der Waals surface area (Å²) in [7, 11) is 1.94. The van der Waals surface area contributed by atoms with E-state index in [9.17, 15) is 5.11 Å². The molecule has 0 aromatic carbocycles. The van der Waals surface area contributed by atoms with Gasteiger partial charge in [0.25, 0.3) is 0 Å². The van der Waals surface area contributed by atoms with Crippen LogP contribution in [0.3, 0.4) is 0 Å². The maximum atomic E-state index is 9.43. The zero-order valence-corrected chi connectivity index (χ0v) is 10.9. The average molecular weight is 226 g/mol. The van der Waals surface area contributed by atoms with E-state index in [1.165, 1.54) is 25.8 Å². The van der Waals surface area contributed by atoms with Crippen LogP contribution in [0.1, 0.15) is 39.5 Å². The molecule has 1 saturated heterocycles. The molecule has 0 amide bonds. The third-order valence-electron chi connectivity index (χ3n) is 4.72. The molecular formula is C13H26N2O. The first-order chi connectivity index (χ1) is 7.58. The maximum Gasteiger partial charge on any atom is 0.0611 e. The molecule has 0 aromatic heterocycles. The minimum Gasteiger partial charge on any atom is -0.394 e. The van der Waals surface area contributed by atoms with Crippen molar-refractivity contribution in [2.75, 3.05) is 20.2 Å². The van der Waals surface area contributed by atoms with E-state index in [0.29, 0.717) is 6.04 Å². The highest BCUT2D eigenvalue weighted by Gasteiger charge is 2.41. The standard InChI is InChI=1S/C13H26N2O/c1-10(7-13(2,9-16)14-3)15-8-11-4-5-12(15)6-11/h10-12,14,16H,4-9H2,1-3H3. The smallest absolute Gasteiger partial charge is 0.0611 e. The van der Waals surface area contributed by atoms with E-state index >= 15 is 0 Å². The highest BCUT2D eigenvalue weighted by Crippen LogP contribution is 2.39. The Morgan fingerprint density at radius 3 is 2.69 bits per heavy atom. The lowest BCUT2D eigenvalue weighted by molar-refractivity contribution is 0.0995. The second-order valence-electron chi connectivity index (χ2n) is 6.05. The molecule has 0 aromatic rings. The molecule has 2 fully saturated rings. The van der Waals surface area contributed by atoms with Crippen molar-refractivity contribution in [2.24, 2.45) is 5.92 Å². The molecule has 94 valence electrons. The number of aliphatic hydroxyl groups is 1. The van der Waals surface area contributed by atoms with Gasteiger partial charge in [-0.1, -0.05) is 0 Å². The van der Waals surface area contributed by atoms with Crippen LogP contribution < -0.4 is 5.32 Å². The molecule has 2 aliphatic rings. The van der Waals surface area contributed by atoms with Gasteiger partial charge in [-0.25, -0.2) is 0 Å². The van der Waals surface area contributed by atoms with Crippen molar-refractivity contribution in [3.05, 3.63) is 0 Å². The number of likely N-dealkylation sites (N-methyl/N-ethyl adjacent to an activating group) is 1. The lowest BCUT2D eigenvalue weighted by Crippen LogP contribution is -2.50. The SMILES string of the molecule is CNC(C)(CO)CC(C)N1CC2CCC1C2. The summed E-state index contributed by atoms with van der Waals surface area (Å²) >= 11 is 0. The fourth-order valence-corrected chi connectivity index (χ4v) is 3.52. The molecular weight excluding hydrogens is 200 g/mol. The van der Waals surface area contributed by atoms with Gasteiger partial charge in [0.15, 0.2) is 0 Å². The highest BCUT2D eigenvalue weighted by atomic mass is 16.3. The number of likely N-dealkylation sites (tertiary alicyclic amines) is 1. The van der Waals surface area contributed by atoms with Gasteiger partial charge in [0, 0.05) is 24.2 Å². The second-order valence-corrected chi connectivity index (χ2v) is 6.05. The normalized spacial score (nSPS) is 35.2. The van der Waals surface area contributed by atoms with Crippen molar-refractivity contribution in [3.63, 3.8) is 0 Å². The molecule has 2 bridgehead atoms. The van der Waals surface area contributed by atoms with Crippen LogP contribution in [0, 0.1) is 5.92 Å². The van der Waals surface area contributed by atoms with Gasteiger partial charge in [-0.05, 0) is 52.5 Å². The van der Waals surface area contributed by atoms with E-state index in [1.807, 2.05) is 7.05 Å². The topological polar surface area (TPSA) is 35.5 Å². The number of aliphatic hydroxyl groups excluding tert-OH is 1. The van der Waals surface area contributed by atoms with Gasteiger partial charge in [-0.15, -0.1) is 0 Å². The van der Waals surface area contributed by atoms with Crippen LogP contribution in [-0.4, -0.2) is 47.8 Å². The molecule has 2 rings (SSSR count). The number of nitrogens with zero attached hydrogens (tertiary/aromatic N) is 1. The predicted molar refractivity (Wildman–Crippen MR) is 66.5 cm³/mol. The van der Waals surface area contributed by atoms with Gasteiger partial charge >= 0.3 is 0 Å². The Morgan fingerprint density at radius 1 is 1.50 bits per heavy atom. The van der Waals surface area contributed by atoms with E-state index in [4.69, 9.17) is 0 Å². The molecule has 2 N–H and O–H groups in total. The Kier molecular flexibility index (Phi) is 3.57. The number of fused-ring (bicyclic) bond motifs is 2. The summed E-state index contributed by atoms with van der Waals surface area (Å²) in [5, 5.41) is 12.7. The van der Waals surface area contributed by atoms with E-state index in [1.54, 1.807) is 0 Å². The molecule has 4 unspecified atom stereocenters. The molecule has 3 heteroatoms. The number of hydrogen-bond acceptors (Lipinski definition) is 3. The largest absolute Gasteiger partial charge is 0.394 e. The van der Waals surface area contributed by atoms with E-state index in [0.717, 1.165) is 18.4 Å². The second kappa shape index (κ2) is 4.63. The zero-order valence-electron chi connectivity index (χ0n) is 10.9. The van der Waals surface area contributed by atoms with Crippen molar-refractivity contribution in [1.82, 2.24) is 10.2 Å². The zero-order chi connectivity index (χ0) is 11.8. The quantitative estimate of drug-likeness (QED) is 0.740. The van der Waals surface area contributed by atoms with Crippen LogP contribution in [0.2, 0.25) is 0 Å². The molecule has 0 spiro atoms. The maximum absolute atomic E-state index is 9.43. The fraction of sp³-hybridized carbons (Fsp3) is 1.00. The minimum absolute atomic E-state index is 0.124. The highest BCUT2D eigenvalue weighted by molar-refractivity contribution is 4.96. The van der Waals surface area contributed by atoms with E-state index in [2.05, 4.69) is 24.1 Å². The van der Waals surface area contributed by atoms with Crippen LogP contribution in [0.4, 0.5) is 0 Å². The third kappa shape index (κ3) is 2.27. The summed E-state index contributed by atoms with van der Waals surface area (Å²) in [4.78, 5) is 2.67. The third-order valence-corrected chi connectivity index (χ3v) is 4.72. The summed E-state index contributed by atoms with van der Waals surface area (Å²) in [5.41, 5.74) is -0.124. The van der Waals surface area contributed by atoms with Gasteiger partial charge in [-0.3, -0.25) is 4.90 Å². The van der Waals surface area contributed by atoms with Crippen LogP contribution >= 0.6 is 0 Å². The number of hydrogen-bond donors (Lipinski definition) is 2. The van der Waals surface area contributed by atoms with Crippen molar-refractivity contribution in [1.29, 1.82) is 0 Å². The van der Waals surface area contributed by atoms with Gasteiger partial charge in [0.1, 0.15) is 0 Å². The molecule has 1 aliphatic carbocycles. The lowest BCUT2D eigenvalue weighted by atomic mass is 9.93. The average Bonchev–Trinajstić information content (AvgIpc) is 2.90. The first-order valence-electron chi connectivity index (χ1n) is 6.63. The Morgan fingerprint density at radius 2 is 2.25 bits per heavy atom. The number of nitrogens with one attached hydrogen (secondary N) is 1. The summed E-state index contributed by atoms with van der Waals surface area (Å²) in [6, 6.07) is 1.42. The van der Waals surface area contributed by atoms with Gasteiger partial charge in [-0.2, -0.15) is 0 Å². The number of rotatable bonds is 5. The molecule has 1 heterocycles. The summed E-state index contributed by atoms with van der Waals surface area (Å²) in [5.74, 6) is 0.961. The van der Waals surface area contributed by atoms with Crippen molar-refractivity contribution in [3.8, 4) is 0 Å². The first-order valence-corrected chi connectivity index (χ1v) is 6.63. The van der Waals surface area contributed by atoms with Crippen molar-refractivity contribution in [2.45, 2.75) is 57.2 Å². The molecule has 16 heavy (non-hydrogen) atoms. The Labute approximate surface area is 99.2 Å². The molecule has 3 nitrogen and oxygen atoms in total. The Balaban J connectivity index is 1.90. The summed E-state index contributed by atoms with van der Waals surface area (Å²) in [6.07, 6.45) is 5.28. The predicted octanol–water partition coefficient (Wildman–Crippen LogP) is 1.22. The summed E-state index contributed by atoms with van der Waals surface area (Å²) < 4.78 is 0. The van der Waals surface area contributed by atoms with Crippen LogP contribution in [0.5, 0.6) is 0 Å². The molecule has 1 saturated carbocycles. The van der Waals surface area contributed by atoms with E-state index in [-0.39, 0.29) is 12.1 Å². The Bertz CT molecular complexity index is 240. The summed E-state index contributed by atoms with van der Waals surface area (Å²) in [6.45, 7) is 5.93. The van der Waals surface area contributed by atoms with Gasteiger partial charge in [0.2, 0.25) is 0 Å². The monoisotopic (exact) mass is 226 g/mol. The minimum atomic E-state index is -0.124. The van der Waals surface area contributed by atoms with Gasteiger partial charge < -0.3 is 10.4 Å². The van der Waals surface area contributed by atoms with Crippen LogP contribution in [0.15, 0.2) is 0 Å². The van der Waals surface area contributed by atoms with Crippen LogP contribution in [-0.2, 0) is 0 Å².